The van der Waals surface area contributed by atoms with E-state index in [0.717, 1.165) is 24.9 Å². The highest BCUT2D eigenvalue weighted by Crippen LogP contribution is 2.20. The third-order valence-corrected chi connectivity index (χ3v) is 3.62. The third-order valence-electron chi connectivity index (χ3n) is 3.62. The van der Waals surface area contributed by atoms with Crippen LogP contribution in [-0.4, -0.2) is 22.4 Å². The van der Waals surface area contributed by atoms with Crippen LogP contribution in [0, 0.1) is 5.92 Å². The summed E-state index contributed by atoms with van der Waals surface area (Å²) in [6.07, 6.45) is 5.46. The normalized spacial score (nSPS) is 12.1. The summed E-state index contributed by atoms with van der Waals surface area (Å²) in [6, 6.07) is 12.0. The van der Waals surface area contributed by atoms with Gasteiger partial charge in [-0.2, -0.15) is 5.10 Å². The highest BCUT2D eigenvalue weighted by Gasteiger charge is 2.15. The highest BCUT2D eigenvalue weighted by molar-refractivity contribution is 5.74. The molecule has 0 bridgehead atoms. The van der Waals surface area contributed by atoms with Gasteiger partial charge in [0.15, 0.2) is 0 Å². The number of nitrogens with zero attached hydrogens (tertiary/aromatic N) is 2. The number of hydrogen-bond acceptors (Lipinski definition) is 2. The van der Waals surface area contributed by atoms with Crippen molar-refractivity contribution in [1.82, 2.24) is 20.4 Å². The Morgan fingerprint density at radius 3 is 2.65 bits per heavy atom. The summed E-state index contributed by atoms with van der Waals surface area (Å²) in [5.74, 6) is 0.514. The molecular formula is C18H26N4O. The molecule has 2 N–H and O–H groups in total. The van der Waals surface area contributed by atoms with E-state index in [4.69, 9.17) is 0 Å². The molecule has 5 heteroatoms. The van der Waals surface area contributed by atoms with E-state index in [-0.39, 0.29) is 12.1 Å². The Morgan fingerprint density at radius 2 is 2.00 bits per heavy atom. The Bertz CT molecular complexity index is 566. The van der Waals surface area contributed by atoms with Crippen molar-refractivity contribution in [1.29, 1.82) is 0 Å². The summed E-state index contributed by atoms with van der Waals surface area (Å²) in [5, 5.41) is 10.2. The van der Waals surface area contributed by atoms with Gasteiger partial charge in [0.05, 0.1) is 6.04 Å². The predicted molar refractivity (Wildman–Crippen MR) is 92.0 cm³/mol. The molecule has 2 amide bonds. The predicted octanol–water partition coefficient (Wildman–Crippen LogP) is 3.36. The number of carbonyl (C=O) groups excluding carboxylic acids is 1. The molecule has 1 aromatic carbocycles. The number of hydrogen-bond donors (Lipinski definition) is 2. The Hall–Kier alpha value is -2.30. The summed E-state index contributed by atoms with van der Waals surface area (Å²) in [5.41, 5.74) is 1.15. The summed E-state index contributed by atoms with van der Waals surface area (Å²) >= 11 is 0. The summed E-state index contributed by atoms with van der Waals surface area (Å²) in [6.45, 7) is 5.77. The first kappa shape index (κ1) is 17.1. The number of nitrogens with one attached hydrogen (secondary N) is 2. The smallest absolute Gasteiger partial charge is 0.315 e. The maximum Gasteiger partial charge on any atom is 0.315 e. The summed E-state index contributed by atoms with van der Waals surface area (Å²) in [4.78, 5) is 12.1. The van der Waals surface area contributed by atoms with Crippen LogP contribution in [0.4, 0.5) is 4.79 Å². The number of benzene rings is 1. The number of aromatic nitrogens is 2. The number of rotatable bonds is 8. The Kier molecular flexibility index (Phi) is 6.66. The number of aryl methyl sites for hydroxylation is 1. The lowest BCUT2D eigenvalue weighted by atomic mass is 9.97. The first-order chi connectivity index (χ1) is 11.1. The van der Waals surface area contributed by atoms with Crippen LogP contribution in [-0.2, 0) is 6.54 Å². The van der Waals surface area contributed by atoms with Gasteiger partial charge in [0, 0.05) is 25.5 Å². The van der Waals surface area contributed by atoms with E-state index in [0.29, 0.717) is 12.5 Å². The van der Waals surface area contributed by atoms with Crippen molar-refractivity contribution in [3.05, 3.63) is 54.4 Å². The van der Waals surface area contributed by atoms with Gasteiger partial charge in [0.25, 0.3) is 0 Å². The van der Waals surface area contributed by atoms with E-state index < -0.39 is 0 Å². The van der Waals surface area contributed by atoms with Crippen LogP contribution in [0.3, 0.4) is 0 Å². The minimum Gasteiger partial charge on any atom is -0.338 e. The van der Waals surface area contributed by atoms with Gasteiger partial charge in [-0.15, -0.1) is 0 Å². The van der Waals surface area contributed by atoms with Crippen molar-refractivity contribution < 1.29 is 4.79 Å². The highest BCUT2D eigenvalue weighted by atomic mass is 16.2. The van der Waals surface area contributed by atoms with Gasteiger partial charge in [-0.1, -0.05) is 44.2 Å². The van der Waals surface area contributed by atoms with Crippen LogP contribution in [0.15, 0.2) is 48.8 Å². The molecule has 23 heavy (non-hydrogen) atoms. The molecule has 0 aliphatic rings. The molecule has 0 aliphatic heterocycles. The molecule has 0 spiro atoms. The SMILES string of the molecule is CC(C)CC(NC(=O)NCCCn1cccn1)c1ccccc1. The second-order valence-electron chi connectivity index (χ2n) is 6.12. The molecule has 2 rings (SSSR count). The lowest BCUT2D eigenvalue weighted by Crippen LogP contribution is -2.39. The van der Waals surface area contributed by atoms with Gasteiger partial charge in [-0.3, -0.25) is 4.68 Å². The van der Waals surface area contributed by atoms with Crippen molar-refractivity contribution in [2.45, 2.75) is 39.3 Å². The van der Waals surface area contributed by atoms with Gasteiger partial charge < -0.3 is 10.6 Å². The van der Waals surface area contributed by atoms with Gasteiger partial charge in [-0.05, 0) is 30.4 Å². The molecule has 0 fully saturated rings. The largest absolute Gasteiger partial charge is 0.338 e. The Balaban J connectivity index is 1.78. The number of urea groups is 1. The topological polar surface area (TPSA) is 59.0 Å². The standard InChI is InChI=1S/C18H26N4O/c1-15(2)14-17(16-8-4-3-5-9-16)21-18(23)19-10-6-12-22-13-7-11-20-22/h3-5,7-9,11,13,15,17H,6,10,12,14H2,1-2H3,(H2,19,21,23). The number of carbonyl (C=O) groups is 1. The van der Waals surface area contributed by atoms with E-state index >= 15 is 0 Å². The van der Waals surface area contributed by atoms with E-state index in [1.54, 1.807) is 6.20 Å². The molecule has 1 atom stereocenters. The molecule has 1 aromatic heterocycles. The monoisotopic (exact) mass is 314 g/mol. The van der Waals surface area contributed by atoms with Crippen LogP contribution in [0.2, 0.25) is 0 Å². The quantitative estimate of drug-likeness (QED) is 0.734. The lowest BCUT2D eigenvalue weighted by molar-refractivity contribution is 0.234. The minimum atomic E-state index is -0.111. The zero-order valence-electron chi connectivity index (χ0n) is 13.9. The average molecular weight is 314 g/mol. The van der Waals surface area contributed by atoms with Crippen molar-refractivity contribution in [3.8, 4) is 0 Å². The summed E-state index contributed by atoms with van der Waals surface area (Å²) < 4.78 is 1.87. The van der Waals surface area contributed by atoms with Crippen LogP contribution in [0.1, 0.15) is 38.3 Å². The molecule has 0 saturated heterocycles. The van der Waals surface area contributed by atoms with Crippen LogP contribution >= 0.6 is 0 Å². The lowest BCUT2D eigenvalue weighted by Gasteiger charge is -2.21. The molecule has 2 aromatic rings. The minimum absolute atomic E-state index is 0.0438. The maximum atomic E-state index is 12.1. The Labute approximate surface area is 138 Å². The third kappa shape index (κ3) is 6.14. The fourth-order valence-corrected chi connectivity index (χ4v) is 2.52. The zero-order chi connectivity index (χ0) is 16.5. The van der Waals surface area contributed by atoms with Gasteiger partial charge in [-0.25, -0.2) is 4.79 Å². The summed E-state index contributed by atoms with van der Waals surface area (Å²) in [7, 11) is 0. The van der Waals surface area contributed by atoms with Crippen molar-refractivity contribution in [2.75, 3.05) is 6.54 Å². The fourth-order valence-electron chi connectivity index (χ4n) is 2.52. The second-order valence-corrected chi connectivity index (χ2v) is 6.12. The average Bonchev–Trinajstić information content (AvgIpc) is 3.05. The van der Waals surface area contributed by atoms with E-state index in [1.807, 2.05) is 35.1 Å². The van der Waals surface area contributed by atoms with E-state index in [1.165, 1.54) is 0 Å². The molecule has 5 nitrogen and oxygen atoms in total. The maximum absolute atomic E-state index is 12.1. The molecule has 1 unspecified atom stereocenters. The van der Waals surface area contributed by atoms with Gasteiger partial charge >= 0.3 is 6.03 Å². The fraction of sp³-hybridized carbons (Fsp3) is 0.444. The zero-order valence-corrected chi connectivity index (χ0v) is 13.9. The molecular weight excluding hydrogens is 288 g/mol. The molecule has 1 heterocycles. The van der Waals surface area contributed by atoms with E-state index in [2.05, 4.69) is 41.7 Å². The van der Waals surface area contributed by atoms with Crippen LogP contribution < -0.4 is 10.6 Å². The molecule has 124 valence electrons. The van der Waals surface area contributed by atoms with Gasteiger partial charge in [0.1, 0.15) is 0 Å². The van der Waals surface area contributed by atoms with Crippen molar-refractivity contribution in [3.63, 3.8) is 0 Å². The molecule has 0 radical (unpaired) electrons. The molecule has 0 aliphatic carbocycles. The van der Waals surface area contributed by atoms with Crippen LogP contribution in [0.25, 0.3) is 0 Å². The van der Waals surface area contributed by atoms with Crippen molar-refractivity contribution >= 4 is 6.03 Å². The van der Waals surface area contributed by atoms with Gasteiger partial charge in [0.2, 0.25) is 0 Å². The first-order valence-corrected chi connectivity index (χ1v) is 8.22. The molecule has 0 saturated carbocycles. The first-order valence-electron chi connectivity index (χ1n) is 8.22. The second kappa shape index (κ2) is 8.98. The Morgan fingerprint density at radius 1 is 1.22 bits per heavy atom. The van der Waals surface area contributed by atoms with Crippen molar-refractivity contribution in [2.24, 2.45) is 5.92 Å². The number of amides is 2. The van der Waals surface area contributed by atoms with E-state index in [9.17, 15) is 4.79 Å². The van der Waals surface area contributed by atoms with Crippen LogP contribution in [0.5, 0.6) is 0 Å².